The molecule has 15 heavy (non-hydrogen) atoms. The van der Waals surface area contributed by atoms with E-state index < -0.39 is 0 Å². The van der Waals surface area contributed by atoms with Crippen molar-refractivity contribution in [1.82, 2.24) is 0 Å². The first-order chi connectivity index (χ1) is 7.09. The second-order valence-corrected chi connectivity index (χ2v) is 3.91. The molecule has 0 saturated heterocycles. The van der Waals surface area contributed by atoms with Crippen molar-refractivity contribution in [3.8, 4) is 0 Å². The highest BCUT2D eigenvalue weighted by molar-refractivity contribution is 6.03. The van der Waals surface area contributed by atoms with Crippen LogP contribution in [-0.4, -0.2) is 5.91 Å². The van der Waals surface area contributed by atoms with Crippen LogP contribution >= 0.6 is 0 Å². The molecule has 1 amide bonds. The maximum Gasteiger partial charge on any atom is 0.250 e. The Morgan fingerprint density at radius 1 is 1.27 bits per heavy atom. The predicted octanol–water partition coefficient (Wildman–Crippen LogP) is 3.23. The van der Waals surface area contributed by atoms with Gasteiger partial charge in [-0.3, -0.25) is 4.79 Å². The van der Waals surface area contributed by atoms with Crippen LogP contribution in [0.2, 0.25) is 0 Å². The quantitative estimate of drug-likeness (QED) is 0.751. The molecule has 0 heterocycles. The lowest BCUT2D eigenvalue weighted by Gasteiger charge is -2.05. The van der Waals surface area contributed by atoms with Gasteiger partial charge in [0, 0.05) is 11.3 Å². The normalized spacial score (nSPS) is 11.6. The first-order valence-corrected chi connectivity index (χ1v) is 5.14. The average molecular weight is 203 g/mol. The van der Waals surface area contributed by atoms with Crippen molar-refractivity contribution in [2.24, 2.45) is 5.92 Å². The number of rotatable bonds is 3. The minimum Gasteiger partial charge on any atom is -0.322 e. The molecular weight excluding hydrogens is 186 g/mol. The van der Waals surface area contributed by atoms with Crippen molar-refractivity contribution >= 4 is 11.6 Å². The van der Waals surface area contributed by atoms with Gasteiger partial charge in [-0.25, -0.2) is 0 Å². The van der Waals surface area contributed by atoms with E-state index in [2.05, 4.69) is 19.2 Å². The molecule has 1 aromatic carbocycles. The van der Waals surface area contributed by atoms with Crippen molar-refractivity contribution in [2.45, 2.75) is 20.8 Å². The predicted molar refractivity (Wildman–Crippen MR) is 63.7 cm³/mol. The molecule has 0 aliphatic rings. The third kappa shape index (κ3) is 3.98. The fourth-order valence-corrected chi connectivity index (χ4v) is 1.33. The van der Waals surface area contributed by atoms with Gasteiger partial charge >= 0.3 is 0 Å². The van der Waals surface area contributed by atoms with E-state index in [4.69, 9.17) is 0 Å². The maximum absolute atomic E-state index is 11.7. The van der Waals surface area contributed by atoms with Gasteiger partial charge < -0.3 is 5.32 Å². The average Bonchev–Trinajstić information content (AvgIpc) is 2.18. The first kappa shape index (κ1) is 11.5. The van der Waals surface area contributed by atoms with Crippen LogP contribution in [0.25, 0.3) is 0 Å². The summed E-state index contributed by atoms with van der Waals surface area (Å²) in [5, 5.41) is 2.84. The zero-order valence-electron chi connectivity index (χ0n) is 9.45. The highest BCUT2D eigenvalue weighted by Gasteiger charge is 2.04. The van der Waals surface area contributed by atoms with Gasteiger partial charge in [0.05, 0.1) is 0 Å². The van der Waals surface area contributed by atoms with Crippen molar-refractivity contribution in [1.29, 1.82) is 0 Å². The Hall–Kier alpha value is -1.57. The minimum absolute atomic E-state index is 0.0325. The van der Waals surface area contributed by atoms with Gasteiger partial charge in [0.1, 0.15) is 0 Å². The molecule has 0 atom stereocenters. The lowest BCUT2D eigenvalue weighted by Crippen LogP contribution is -2.13. The lowest BCUT2D eigenvalue weighted by atomic mass is 10.1. The van der Waals surface area contributed by atoms with Gasteiger partial charge in [0.15, 0.2) is 0 Å². The molecule has 0 fully saturated rings. The fourth-order valence-electron chi connectivity index (χ4n) is 1.33. The van der Waals surface area contributed by atoms with E-state index in [1.54, 1.807) is 0 Å². The molecule has 0 unspecified atom stereocenters. The van der Waals surface area contributed by atoms with Gasteiger partial charge in [-0.05, 0) is 25.0 Å². The molecule has 0 aliphatic carbocycles. The number of carbonyl (C=O) groups is 1. The number of anilines is 1. The number of amides is 1. The summed E-state index contributed by atoms with van der Waals surface area (Å²) >= 11 is 0. The number of benzene rings is 1. The van der Waals surface area contributed by atoms with Crippen molar-refractivity contribution in [2.75, 3.05) is 5.32 Å². The summed E-state index contributed by atoms with van der Waals surface area (Å²) in [6.45, 7) is 5.94. The smallest absolute Gasteiger partial charge is 0.250 e. The summed E-state index contributed by atoms with van der Waals surface area (Å²) < 4.78 is 0. The second kappa shape index (κ2) is 5.35. The molecule has 0 bridgehead atoms. The zero-order valence-corrected chi connectivity index (χ0v) is 9.45. The van der Waals surface area contributed by atoms with Crippen LogP contribution in [0.3, 0.4) is 0 Å². The van der Waals surface area contributed by atoms with Gasteiger partial charge in [-0.1, -0.05) is 38.1 Å². The molecule has 0 radical (unpaired) electrons. The molecule has 0 spiro atoms. The summed E-state index contributed by atoms with van der Waals surface area (Å²) in [6.07, 6.45) is 1.96. The summed E-state index contributed by atoms with van der Waals surface area (Å²) in [7, 11) is 0. The molecule has 1 aromatic rings. The topological polar surface area (TPSA) is 29.1 Å². The van der Waals surface area contributed by atoms with E-state index in [0.717, 1.165) is 11.3 Å². The third-order valence-electron chi connectivity index (χ3n) is 1.97. The van der Waals surface area contributed by atoms with Crippen LogP contribution in [0.15, 0.2) is 42.0 Å². The second-order valence-electron chi connectivity index (χ2n) is 3.91. The van der Waals surface area contributed by atoms with Crippen LogP contribution in [0.1, 0.15) is 20.8 Å². The Labute approximate surface area is 91.0 Å². The van der Waals surface area contributed by atoms with Gasteiger partial charge in [0.2, 0.25) is 0 Å². The number of hydrogen-bond acceptors (Lipinski definition) is 1. The monoisotopic (exact) mass is 203 g/mol. The van der Waals surface area contributed by atoms with Crippen molar-refractivity contribution in [3.63, 3.8) is 0 Å². The van der Waals surface area contributed by atoms with Crippen LogP contribution in [-0.2, 0) is 4.79 Å². The van der Waals surface area contributed by atoms with Crippen LogP contribution < -0.4 is 5.32 Å². The molecule has 0 saturated carbocycles. The van der Waals surface area contributed by atoms with E-state index in [1.165, 1.54) is 0 Å². The van der Waals surface area contributed by atoms with Crippen LogP contribution in [0.5, 0.6) is 0 Å². The SMILES string of the molecule is CC(=CC(C)C)C(=O)Nc1ccccc1. The van der Waals surface area contributed by atoms with E-state index >= 15 is 0 Å². The minimum atomic E-state index is -0.0325. The van der Waals surface area contributed by atoms with Crippen molar-refractivity contribution in [3.05, 3.63) is 42.0 Å². The molecule has 1 rings (SSSR count). The molecule has 0 aliphatic heterocycles. The van der Waals surface area contributed by atoms with Crippen molar-refractivity contribution < 1.29 is 4.79 Å². The fraction of sp³-hybridized carbons (Fsp3) is 0.308. The van der Waals surface area contributed by atoms with E-state index in [1.807, 2.05) is 43.3 Å². The van der Waals surface area contributed by atoms with Crippen LogP contribution in [0, 0.1) is 5.92 Å². The number of allylic oxidation sites excluding steroid dienone is 1. The summed E-state index contributed by atoms with van der Waals surface area (Å²) in [6, 6.07) is 9.47. The van der Waals surface area contributed by atoms with Gasteiger partial charge in [0.25, 0.3) is 5.91 Å². The molecule has 2 nitrogen and oxygen atoms in total. The Morgan fingerprint density at radius 2 is 1.87 bits per heavy atom. The summed E-state index contributed by atoms with van der Waals surface area (Å²) in [4.78, 5) is 11.7. The molecule has 2 heteroatoms. The number of carbonyl (C=O) groups excluding carboxylic acids is 1. The molecular formula is C13H17NO. The maximum atomic E-state index is 11.7. The number of para-hydroxylation sites is 1. The Balaban J connectivity index is 2.64. The van der Waals surface area contributed by atoms with E-state index in [0.29, 0.717) is 5.92 Å². The lowest BCUT2D eigenvalue weighted by molar-refractivity contribution is -0.112. The summed E-state index contributed by atoms with van der Waals surface area (Å²) in [5.74, 6) is 0.362. The highest BCUT2D eigenvalue weighted by atomic mass is 16.1. The number of nitrogens with one attached hydrogen (secondary N) is 1. The van der Waals surface area contributed by atoms with E-state index in [9.17, 15) is 4.79 Å². The number of hydrogen-bond donors (Lipinski definition) is 1. The zero-order chi connectivity index (χ0) is 11.3. The summed E-state index contributed by atoms with van der Waals surface area (Å²) in [5.41, 5.74) is 1.59. The Bertz CT molecular complexity index is 352. The molecule has 80 valence electrons. The standard InChI is InChI=1S/C13H17NO/c1-10(2)9-11(3)13(15)14-12-7-5-4-6-8-12/h4-10H,1-3H3,(H,14,15). The van der Waals surface area contributed by atoms with E-state index in [-0.39, 0.29) is 5.91 Å². The largest absolute Gasteiger partial charge is 0.322 e. The van der Waals surface area contributed by atoms with Gasteiger partial charge in [-0.2, -0.15) is 0 Å². The third-order valence-corrected chi connectivity index (χ3v) is 1.97. The highest BCUT2D eigenvalue weighted by Crippen LogP contribution is 2.08. The van der Waals surface area contributed by atoms with Crippen LogP contribution in [0.4, 0.5) is 5.69 Å². The molecule has 1 N–H and O–H groups in total. The molecule has 0 aromatic heterocycles. The Kier molecular flexibility index (Phi) is 4.10. The Morgan fingerprint density at radius 3 is 2.40 bits per heavy atom. The first-order valence-electron chi connectivity index (χ1n) is 5.14. The van der Waals surface area contributed by atoms with Gasteiger partial charge in [-0.15, -0.1) is 0 Å².